The maximum absolute atomic E-state index is 5.83. The Morgan fingerprint density at radius 2 is 1.78 bits per heavy atom. The van der Waals surface area contributed by atoms with Gasteiger partial charge in [-0.2, -0.15) is 0 Å². The summed E-state index contributed by atoms with van der Waals surface area (Å²) >= 11 is 0. The second-order valence-electron chi connectivity index (χ2n) is 6.46. The number of nitrogens with two attached hydrogens (primary N) is 1. The normalized spacial score (nSPS) is 18.1. The van der Waals surface area contributed by atoms with Crippen LogP contribution in [0, 0.1) is 11.3 Å². The lowest BCUT2D eigenvalue weighted by atomic mass is 9.75. The molecule has 1 saturated heterocycles. The van der Waals surface area contributed by atoms with Gasteiger partial charge in [0.15, 0.2) is 0 Å². The van der Waals surface area contributed by atoms with Gasteiger partial charge in [0.25, 0.3) is 0 Å². The maximum atomic E-state index is 5.83. The zero-order valence-electron chi connectivity index (χ0n) is 11.9. The van der Waals surface area contributed by atoms with E-state index in [-0.39, 0.29) is 0 Å². The summed E-state index contributed by atoms with van der Waals surface area (Å²) in [6, 6.07) is 8.54. The molecule has 1 fully saturated rings. The molecular weight excluding hydrogens is 220 g/mol. The molecule has 1 heterocycles. The Kier molecular flexibility index (Phi) is 3.96. The van der Waals surface area contributed by atoms with Gasteiger partial charge in [0.1, 0.15) is 0 Å². The third-order valence-electron chi connectivity index (χ3n) is 4.27. The number of para-hydroxylation sites is 1. The summed E-state index contributed by atoms with van der Waals surface area (Å²) in [5.41, 5.74) is 8.88. The standard InChI is InChI=1S/C16H26N2/c1-16(2,3)14-8-10-18(11-9-14)15-7-5-4-6-13(15)12-17/h4-7,14H,8-12,17H2,1-3H3. The summed E-state index contributed by atoms with van der Waals surface area (Å²) in [5, 5.41) is 0. The molecule has 0 amide bonds. The number of hydrogen-bond donors (Lipinski definition) is 1. The van der Waals surface area contributed by atoms with Crippen LogP contribution in [0.4, 0.5) is 5.69 Å². The average molecular weight is 246 g/mol. The SMILES string of the molecule is CC(C)(C)C1CCN(c2ccccc2CN)CC1. The van der Waals surface area contributed by atoms with Gasteiger partial charge in [0.05, 0.1) is 0 Å². The van der Waals surface area contributed by atoms with Crippen LogP contribution in [0.3, 0.4) is 0 Å². The molecule has 100 valence electrons. The highest BCUT2D eigenvalue weighted by Gasteiger charge is 2.29. The second kappa shape index (κ2) is 5.31. The summed E-state index contributed by atoms with van der Waals surface area (Å²) in [6.07, 6.45) is 2.59. The van der Waals surface area contributed by atoms with Gasteiger partial charge in [-0.05, 0) is 35.8 Å². The van der Waals surface area contributed by atoms with Crippen LogP contribution < -0.4 is 10.6 Å². The van der Waals surface area contributed by atoms with Crippen molar-refractivity contribution in [1.82, 2.24) is 0 Å². The average Bonchev–Trinajstić information content (AvgIpc) is 2.38. The molecule has 0 radical (unpaired) electrons. The molecule has 2 heteroatoms. The monoisotopic (exact) mass is 246 g/mol. The van der Waals surface area contributed by atoms with Crippen LogP contribution >= 0.6 is 0 Å². The molecule has 0 aliphatic carbocycles. The van der Waals surface area contributed by atoms with Gasteiger partial charge in [-0.3, -0.25) is 0 Å². The Labute approximate surface area is 111 Å². The Hall–Kier alpha value is -1.02. The fourth-order valence-corrected chi connectivity index (χ4v) is 2.98. The van der Waals surface area contributed by atoms with Crippen LogP contribution in [0.25, 0.3) is 0 Å². The van der Waals surface area contributed by atoms with E-state index in [2.05, 4.69) is 49.9 Å². The van der Waals surface area contributed by atoms with Gasteiger partial charge in [-0.15, -0.1) is 0 Å². The molecule has 0 unspecified atom stereocenters. The van der Waals surface area contributed by atoms with Crippen LogP contribution in [0.1, 0.15) is 39.2 Å². The van der Waals surface area contributed by atoms with Gasteiger partial charge >= 0.3 is 0 Å². The largest absolute Gasteiger partial charge is 0.371 e. The number of rotatable bonds is 2. The first-order chi connectivity index (χ1) is 8.52. The molecule has 0 spiro atoms. The molecule has 2 N–H and O–H groups in total. The molecule has 0 saturated carbocycles. The zero-order valence-corrected chi connectivity index (χ0v) is 11.9. The number of nitrogens with zero attached hydrogens (tertiary/aromatic N) is 1. The Bertz CT molecular complexity index is 384. The van der Waals surface area contributed by atoms with Crippen molar-refractivity contribution in [2.45, 2.75) is 40.2 Å². The summed E-state index contributed by atoms with van der Waals surface area (Å²) < 4.78 is 0. The van der Waals surface area contributed by atoms with Gasteiger partial charge < -0.3 is 10.6 Å². The van der Waals surface area contributed by atoms with E-state index in [0.717, 1.165) is 5.92 Å². The van der Waals surface area contributed by atoms with E-state index in [1.54, 1.807) is 0 Å². The van der Waals surface area contributed by atoms with Crippen LogP contribution in [-0.4, -0.2) is 13.1 Å². The first-order valence-corrected chi connectivity index (χ1v) is 7.05. The molecule has 0 bridgehead atoms. The Balaban J connectivity index is 2.06. The lowest BCUT2D eigenvalue weighted by Crippen LogP contribution is -2.38. The van der Waals surface area contributed by atoms with E-state index in [4.69, 9.17) is 5.73 Å². The smallest absolute Gasteiger partial charge is 0.0411 e. The summed E-state index contributed by atoms with van der Waals surface area (Å²) in [4.78, 5) is 2.50. The first-order valence-electron chi connectivity index (χ1n) is 7.05. The highest BCUT2D eigenvalue weighted by molar-refractivity contribution is 5.53. The van der Waals surface area contributed by atoms with Crippen molar-refractivity contribution in [3.05, 3.63) is 29.8 Å². The van der Waals surface area contributed by atoms with E-state index >= 15 is 0 Å². The third kappa shape index (κ3) is 2.86. The molecular formula is C16H26N2. The van der Waals surface area contributed by atoms with Crippen molar-refractivity contribution in [1.29, 1.82) is 0 Å². The fraction of sp³-hybridized carbons (Fsp3) is 0.625. The number of anilines is 1. The molecule has 1 aromatic carbocycles. The van der Waals surface area contributed by atoms with Crippen molar-refractivity contribution in [2.24, 2.45) is 17.1 Å². The molecule has 18 heavy (non-hydrogen) atoms. The van der Waals surface area contributed by atoms with Gasteiger partial charge in [0, 0.05) is 25.3 Å². The van der Waals surface area contributed by atoms with Crippen molar-refractivity contribution in [3.63, 3.8) is 0 Å². The van der Waals surface area contributed by atoms with Gasteiger partial charge in [-0.25, -0.2) is 0 Å². The van der Waals surface area contributed by atoms with E-state index in [9.17, 15) is 0 Å². The van der Waals surface area contributed by atoms with Crippen LogP contribution in [0.15, 0.2) is 24.3 Å². The Morgan fingerprint density at radius 3 is 2.33 bits per heavy atom. The highest BCUT2D eigenvalue weighted by Crippen LogP contribution is 2.36. The topological polar surface area (TPSA) is 29.3 Å². The number of piperidine rings is 1. The molecule has 2 rings (SSSR count). The molecule has 0 atom stereocenters. The van der Waals surface area contributed by atoms with Gasteiger partial charge in [-0.1, -0.05) is 39.0 Å². The second-order valence-corrected chi connectivity index (χ2v) is 6.46. The van der Waals surface area contributed by atoms with Crippen molar-refractivity contribution < 1.29 is 0 Å². The predicted molar refractivity (Wildman–Crippen MR) is 78.7 cm³/mol. The minimum Gasteiger partial charge on any atom is -0.371 e. The van der Waals surface area contributed by atoms with Crippen LogP contribution in [0.5, 0.6) is 0 Å². The molecule has 2 nitrogen and oxygen atoms in total. The quantitative estimate of drug-likeness (QED) is 0.866. The molecule has 0 aromatic heterocycles. The summed E-state index contributed by atoms with van der Waals surface area (Å²) in [5.74, 6) is 0.846. The Morgan fingerprint density at radius 1 is 1.17 bits per heavy atom. The lowest BCUT2D eigenvalue weighted by molar-refractivity contribution is 0.199. The van der Waals surface area contributed by atoms with E-state index in [0.29, 0.717) is 12.0 Å². The lowest BCUT2D eigenvalue weighted by Gasteiger charge is -2.40. The number of hydrogen-bond acceptors (Lipinski definition) is 2. The number of benzene rings is 1. The molecule has 1 aliphatic heterocycles. The molecule has 1 aromatic rings. The van der Waals surface area contributed by atoms with Crippen molar-refractivity contribution in [3.8, 4) is 0 Å². The van der Waals surface area contributed by atoms with Gasteiger partial charge in [0.2, 0.25) is 0 Å². The third-order valence-corrected chi connectivity index (χ3v) is 4.27. The maximum Gasteiger partial charge on any atom is 0.0411 e. The summed E-state index contributed by atoms with van der Waals surface area (Å²) in [6.45, 7) is 10.1. The van der Waals surface area contributed by atoms with Crippen LogP contribution in [0.2, 0.25) is 0 Å². The minimum atomic E-state index is 0.444. The molecule has 1 aliphatic rings. The summed E-state index contributed by atoms with van der Waals surface area (Å²) in [7, 11) is 0. The van der Waals surface area contributed by atoms with E-state index < -0.39 is 0 Å². The fourth-order valence-electron chi connectivity index (χ4n) is 2.98. The van der Waals surface area contributed by atoms with E-state index in [1.807, 2.05) is 0 Å². The van der Waals surface area contributed by atoms with E-state index in [1.165, 1.54) is 37.2 Å². The van der Waals surface area contributed by atoms with Crippen molar-refractivity contribution >= 4 is 5.69 Å². The van der Waals surface area contributed by atoms with Crippen molar-refractivity contribution in [2.75, 3.05) is 18.0 Å². The first kappa shape index (κ1) is 13.4. The van der Waals surface area contributed by atoms with Crippen LogP contribution in [-0.2, 0) is 6.54 Å². The zero-order chi connectivity index (χ0) is 13.2. The predicted octanol–water partition coefficient (Wildman–Crippen LogP) is 3.41. The minimum absolute atomic E-state index is 0.444. The highest BCUT2D eigenvalue weighted by atomic mass is 15.1.